The smallest absolute Gasteiger partial charge is 0.255 e. The third-order valence-electron chi connectivity index (χ3n) is 17.6. The van der Waals surface area contributed by atoms with Crippen molar-refractivity contribution in [1.29, 1.82) is 5.26 Å². The van der Waals surface area contributed by atoms with Crippen LogP contribution in [0.3, 0.4) is 0 Å². The molecule has 17 nitrogen and oxygen atoms in total. The van der Waals surface area contributed by atoms with Crippen molar-refractivity contribution in [2.24, 2.45) is 11.3 Å². The molecule has 0 bridgehead atoms. The summed E-state index contributed by atoms with van der Waals surface area (Å²) in [5.41, 5.74) is 3.34. The van der Waals surface area contributed by atoms with Gasteiger partial charge in [0.2, 0.25) is 23.6 Å². The Bertz CT molecular complexity index is 3190. The van der Waals surface area contributed by atoms with E-state index >= 15 is 4.39 Å². The number of piperidine rings is 4. The number of likely N-dealkylation sites (tertiary alicyclic amines) is 2. The zero-order valence-electron chi connectivity index (χ0n) is 43.2. The normalized spacial score (nSPS) is 20.8. The summed E-state index contributed by atoms with van der Waals surface area (Å²) in [5.74, 6) is -1.70. The SMILES string of the molecule is CCOc1cc(-c2ccc(N3CCC(NC(=O)c4cc(F)ccc4F)(C(=O)N4CCC5(CCC(CC(=O)N6CCC(c7ccc8c(c7)CN(C7CCC(=O)NC7=O)C8=O)CC6)CC5)CC4)CC3)nc2)c2c(C#N)cnn2c1. The Morgan fingerprint density at radius 3 is 2.31 bits per heavy atom. The lowest BCUT2D eigenvalue weighted by Gasteiger charge is -2.49. The highest BCUT2D eigenvalue weighted by Crippen LogP contribution is 2.48. The number of imide groups is 1. The molecule has 1 atom stereocenters. The fourth-order valence-corrected chi connectivity index (χ4v) is 13.0. The Morgan fingerprint density at radius 1 is 0.844 bits per heavy atom. The molecule has 2 N–H and O–H groups in total. The van der Waals surface area contributed by atoms with E-state index in [1.807, 2.05) is 52.0 Å². The summed E-state index contributed by atoms with van der Waals surface area (Å²) in [6.07, 6.45) is 13.4. The number of benzene rings is 2. The van der Waals surface area contributed by atoms with Gasteiger partial charge >= 0.3 is 0 Å². The minimum atomic E-state index is -1.38. The molecule has 19 heteroatoms. The first-order valence-corrected chi connectivity index (χ1v) is 27.1. The molecule has 1 spiro atoms. The van der Waals surface area contributed by atoms with Gasteiger partial charge in [-0.05, 0) is 148 Å². The van der Waals surface area contributed by atoms with Crippen LogP contribution in [0.4, 0.5) is 14.6 Å². The molecule has 6 aliphatic rings. The summed E-state index contributed by atoms with van der Waals surface area (Å²) in [4.78, 5) is 92.2. The number of halogens is 2. The molecule has 5 aliphatic heterocycles. The number of carbonyl (C=O) groups is 6. The molecule has 0 radical (unpaired) electrons. The van der Waals surface area contributed by atoms with Gasteiger partial charge in [-0.2, -0.15) is 10.4 Å². The fourth-order valence-electron chi connectivity index (χ4n) is 13.0. The van der Waals surface area contributed by atoms with Gasteiger partial charge in [-0.3, -0.25) is 34.1 Å². The van der Waals surface area contributed by atoms with Crippen LogP contribution in [0.5, 0.6) is 5.75 Å². The minimum Gasteiger partial charge on any atom is -0.492 e. The van der Waals surface area contributed by atoms with Crippen molar-refractivity contribution in [3.63, 3.8) is 0 Å². The van der Waals surface area contributed by atoms with E-state index in [0.717, 1.165) is 91.8 Å². The van der Waals surface area contributed by atoms with E-state index in [2.05, 4.69) is 27.9 Å². The van der Waals surface area contributed by atoms with Crippen LogP contribution in [0.2, 0.25) is 0 Å². The number of aromatic nitrogens is 3. The Balaban J connectivity index is 0.688. The number of hydrogen-bond donors (Lipinski definition) is 2. The van der Waals surface area contributed by atoms with Gasteiger partial charge in [0.15, 0.2) is 0 Å². The van der Waals surface area contributed by atoms with Crippen LogP contribution in [0.25, 0.3) is 16.6 Å². The average Bonchev–Trinajstić information content (AvgIpc) is 4.02. The van der Waals surface area contributed by atoms with Crippen molar-refractivity contribution in [2.45, 2.75) is 114 Å². The monoisotopic (exact) mass is 1050 g/mol. The number of rotatable bonds is 11. The Labute approximate surface area is 444 Å². The highest BCUT2D eigenvalue weighted by Gasteiger charge is 2.48. The highest BCUT2D eigenvalue weighted by atomic mass is 19.1. The number of nitrogens with one attached hydrogen (secondary N) is 2. The minimum absolute atomic E-state index is 0.0423. The summed E-state index contributed by atoms with van der Waals surface area (Å²) in [6.45, 7) is 5.68. The van der Waals surface area contributed by atoms with Crippen molar-refractivity contribution in [1.82, 2.24) is 39.9 Å². The van der Waals surface area contributed by atoms with Crippen LogP contribution < -0.4 is 20.3 Å². The van der Waals surface area contributed by atoms with Crippen molar-refractivity contribution in [3.8, 4) is 22.9 Å². The van der Waals surface area contributed by atoms with Crippen molar-refractivity contribution in [2.75, 3.05) is 50.8 Å². The average molecular weight is 1050 g/mol. The maximum Gasteiger partial charge on any atom is 0.255 e. The maximum absolute atomic E-state index is 15.0. The first kappa shape index (κ1) is 51.4. The molecule has 77 heavy (non-hydrogen) atoms. The van der Waals surface area contributed by atoms with Gasteiger partial charge in [0.25, 0.3) is 11.8 Å². The third kappa shape index (κ3) is 10.1. The van der Waals surface area contributed by atoms with E-state index in [1.165, 1.54) is 6.20 Å². The lowest BCUT2D eigenvalue weighted by Crippen LogP contribution is -2.65. The molecule has 3 aromatic heterocycles. The first-order valence-electron chi connectivity index (χ1n) is 27.1. The van der Waals surface area contributed by atoms with Gasteiger partial charge in [0.1, 0.15) is 40.9 Å². The molecular weight excluding hydrogens is 987 g/mol. The summed E-state index contributed by atoms with van der Waals surface area (Å²) in [6, 6.07) is 15.8. The maximum atomic E-state index is 15.0. The molecule has 5 aromatic rings. The quantitative estimate of drug-likeness (QED) is 0.128. The summed E-state index contributed by atoms with van der Waals surface area (Å²) in [7, 11) is 0. The second-order valence-corrected chi connectivity index (χ2v) is 21.9. The predicted octanol–water partition coefficient (Wildman–Crippen LogP) is 7.07. The molecule has 5 fully saturated rings. The molecule has 8 heterocycles. The number of ether oxygens (including phenoxy) is 1. The molecule has 11 rings (SSSR count). The van der Waals surface area contributed by atoms with E-state index in [1.54, 1.807) is 21.8 Å². The molecule has 1 aliphatic carbocycles. The summed E-state index contributed by atoms with van der Waals surface area (Å²) in [5, 5.41) is 19.4. The number of fused-ring (bicyclic) bond motifs is 2. The lowest BCUT2D eigenvalue weighted by atomic mass is 9.65. The van der Waals surface area contributed by atoms with E-state index in [0.29, 0.717) is 93.5 Å². The number of amides is 6. The zero-order valence-corrected chi connectivity index (χ0v) is 43.2. The Kier molecular flexibility index (Phi) is 14.0. The van der Waals surface area contributed by atoms with E-state index in [9.17, 15) is 38.4 Å². The van der Waals surface area contributed by atoms with Crippen molar-refractivity contribution >= 4 is 46.8 Å². The fraction of sp³-hybridized carbons (Fsp3) is 0.466. The van der Waals surface area contributed by atoms with E-state index < -0.39 is 40.6 Å². The first-order chi connectivity index (χ1) is 37.2. The summed E-state index contributed by atoms with van der Waals surface area (Å²) < 4.78 is 36.8. The molecule has 6 amide bonds. The number of carbonyl (C=O) groups excluding carboxylic acids is 6. The predicted molar refractivity (Wildman–Crippen MR) is 278 cm³/mol. The number of pyridine rings is 2. The van der Waals surface area contributed by atoms with Crippen LogP contribution in [0, 0.1) is 34.3 Å². The van der Waals surface area contributed by atoms with Gasteiger partial charge in [-0.1, -0.05) is 12.1 Å². The van der Waals surface area contributed by atoms with Crippen LogP contribution in [0.15, 0.2) is 73.2 Å². The Hall–Kier alpha value is -7.75. The molecular formula is C58H62F2N10O7. The highest BCUT2D eigenvalue weighted by molar-refractivity contribution is 6.05. The Morgan fingerprint density at radius 2 is 1.61 bits per heavy atom. The molecule has 1 unspecified atom stereocenters. The molecule has 4 saturated heterocycles. The van der Waals surface area contributed by atoms with Crippen LogP contribution in [-0.4, -0.2) is 122 Å². The second-order valence-electron chi connectivity index (χ2n) is 21.9. The van der Waals surface area contributed by atoms with Gasteiger partial charge in [0.05, 0.1) is 35.6 Å². The molecule has 2 aromatic carbocycles. The number of hydrogen-bond acceptors (Lipinski definition) is 11. The zero-order chi connectivity index (χ0) is 53.6. The second kappa shape index (κ2) is 21.0. The molecule has 400 valence electrons. The molecule has 1 saturated carbocycles. The van der Waals surface area contributed by atoms with Crippen LogP contribution >= 0.6 is 0 Å². The van der Waals surface area contributed by atoms with E-state index in [4.69, 9.17) is 9.72 Å². The van der Waals surface area contributed by atoms with Crippen molar-refractivity contribution in [3.05, 3.63) is 113 Å². The third-order valence-corrected chi connectivity index (χ3v) is 17.6. The van der Waals surface area contributed by atoms with E-state index in [-0.39, 0.29) is 60.1 Å². The van der Waals surface area contributed by atoms with Gasteiger partial charge in [0, 0.05) is 81.5 Å². The standard InChI is InChI=1S/C58H62F2N10O7/c1-2-77-43-30-45(52-41(31-61)33-63-70(52)35-43)39-4-9-49(62-32-39)66-25-19-58(20-26-66,65-53(73)46-29-42(59)5-7-47(46)60)56(76)68-23-17-57(18-24-68)15-11-36(12-16-57)27-51(72)67-21-13-37(14-22-67)38-3-6-44-40(28-38)34-69(55(44)75)48-8-10-50(71)64-54(48)74/h3-7,9,28-30,32-33,35-37,48H,2,8,10-27,34H2,1H3,(H,65,73)(H,64,71,74). The van der Waals surface area contributed by atoms with Gasteiger partial charge in [-0.25, -0.2) is 18.3 Å². The summed E-state index contributed by atoms with van der Waals surface area (Å²) >= 11 is 0. The number of anilines is 1. The van der Waals surface area contributed by atoms with Crippen LogP contribution in [-0.2, 0) is 25.7 Å². The lowest BCUT2D eigenvalue weighted by molar-refractivity contribution is -0.142. The van der Waals surface area contributed by atoms with Crippen LogP contribution in [0.1, 0.15) is 134 Å². The largest absolute Gasteiger partial charge is 0.492 e. The van der Waals surface area contributed by atoms with Gasteiger partial charge < -0.3 is 29.7 Å². The number of nitriles is 1. The topological polar surface area (TPSA) is 203 Å². The van der Waals surface area contributed by atoms with Crippen molar-refractivity contribution < 1.29 is 42.3 Å². The number of nitrogens with zero attached hydrogens (tertiary/aromatic N) is 8. The van der Waals surface area contributed by atoms with Gasteiger partial charge in [-0.15, -0.1) is 0 Å².